The molecule has 0 aliphatic rings. The van der Waals surface area contributed by atoms with E-state index >= 15 is 0 Å². The van der Waals surface area contributed by atoms with Crippen molar-refractivity contribution in [2.75, 3.05) is 6.54 Å². The van der Waals surface area contributed by atoms with Crippen molar-refractivity contribution < 1.29 is 34.2 Å². The van der Waals surface area contributed by atoms with Gasteiger partial charge in [-0.15, -0.1) is 0 Å². The minimum absolute atomic E-state index is 0.184. The molecule has 0 saturated heterocycles. The fourth-order valence-electron chi connectivity index (χ4n) is 5.03. The van der Waals surface area contributed by atoms with Crippen LogP contribution in [0, 0.1) is 0 Å². The third kappa shape index (κ3) is 8.93. The molecule has 0 fully saturated rings. The molecule has 3 unspecified atom stereocenters. The summed E-state index contributed by atoms with van der Waals surface area (Å²) >= 11 is 0. The largest absolute Gasteiger partial charge is 0.477 e. The molecule has 0 spiro atoms. The number of quaternary nitrogens is 1. The molecule has 0 amide bonds. The van der Waals surface area contributed by atoms with E-state index in [9.17, 15) is 29.7 Å². The van der Waals surface area contributed by atoms with Gasteiger partial charge in [0.25, 0.3) is 0 Å². The van der Waals surface area contributed by atoms with E-state index in [0.29, 0.717) is 6.42 Å². The Morgan fingerprint density at radius 1 is 0.625 bits per heavy atom. The molecule has 0 saturated carbocycles. The second kappa shape index (κ2) is 16.7. The van der Waals surface area contributed by atoms with Crippen LogP contribution in [0.2, 0.25) is 0 Å². The second-order valence-corrected chi connectivity index (χ2v) is 8.68. The number of unbranched alkanes of at least 4 members (excludes halogenated alkanes) is 7. The molecule has 0 aromatic heterocycles. The van der Waals surface area contributed by atoms with E-state index in [2.05, 4.69) is 19.1 Å². The van der Waals surface area contributed by atoms with Crippen molar-refractivity contribution in [3.05, 3.63) is 12.2 Å². The number of carbonyl (C=O) groups is 3. The van der Waals surface area contributed by atoms with Crippen molar-refractivity contribution in [3.63, 3.8) is 0 Å². The van der Waals surface area contributed by atoms with Crippen LogP contribution in [0.4, 0.5) is 0 Å². The summed E-state index contributed by atoms with van der Waals surface area (Å²) in [5.41, 5.74) is 0. The maximum atomic E-state index is 12.2. The number of carboxylic acid groups (broad SMARTS) is 3. The normalized spacial score (nSPS) is 16.4. The predicted molar refractivity (Wildman–Crippen MR) is 127 cm³/mol. The number of hydrogen-bond donors (Lipinski definition) is 3. The Balaban J connectivity index is 5.40. The minimum atomic E-state index is -1.13. The standard InChI is InChI=1S/C25H45NO6/c1-5-9-10-11-12-13-14-15-16-17-18-19-26(20(6-2)23(27)28,21(7-3)24(29)30)22(8-4)25(31)32/h13-14,20-22H,5-12,15-19H2,1-4H3,(H2-,27,28,29,30,31,32)/p+1/b14-13+. The fourth-order valence-corrected chi connectivity index (χ4v) is 5.03. The van der Waals surface area contributed by atoms with Crippen LogP contribution in [0.1, 0.15) is 105 Å². The Morgan fingerprint density at radius 2 is 1.00 bits per heavy atom. The summed E-state index contributed by atoms with van der Waals surface area (Å²) in [6.07, 6.45) is 14.2. The highest BCUT2D eigenvalue weighted by Crippen LogP contribution is 2.32. The molecule has 0 rings (SSSR count). The van der Waals surface area contributed by atoms with Crippen LogP contribution in [0.25, 0.3) is 0 Å². The molecular formula is C25H46NO6+. The number of carboxylic acids is 3. The third-order valence-corrected chi connectivity index (χ3v) is 6.56. The van der Waals surface area contributed by atoms with Crippen LogP contribution >= 0.6 is 0 Å². The molecule has 3 atom stereocenters. The molecule has 0 radical (unpaired) electrons. The van der Waals surface area contributed by atoms with E-state index < -0.39 is 40.5 Å². The molecule has 0 aliphatic heterocycles. The van der Waals surface area contributed by atoms with Gasteiger partial charge in [-0.1, -0.05) is 59.1 Å². The van der Waals surface area contributed by atoms with Gasteiger partial charge in [0.2, 0.25) is 0 Å². The molecule has 186 valence electrons. The van der Waals surface area contributed by atoms with Gasteiger partial charge in [-0.05, 0) is 38.5 Å². The van der Waals surface area contributed by atoms with Gasteiger partial charge in [0.05, 0.1) is 6.54 Å². The van der Waals surface area contributed by atoms with Crippen LogP contribution in [-0.2, 0) is 14.4 Å². The zero-order chi connectivity index (χ0) is 24.6. The molecule has 0 aromatic carbocycles. The highest BCUT2D eigenvalue weighted by molar-refractivity contribution is 5.78. The van der Waals surface area contributed by atoms with E-state index in [1.807, 2.05) is 0 Å². The lowest BCUT2D eigenvalue weighted by atomic mass is 9.94. The summed E-state index contributed by atoms with van der Waals surface area (Å²) in [5, 5.41) is 29.8. The lowest BCUT2D eigenvalue weighted by Crippen LogP contribution is -2.72. The van der Waals surface area contributed by atoms with Crippen molar-refractivity contribution in [1.82, 2.24) is 0 Å². The van der Waals surface area contributed by atoms with Crippen LogP contribution in [0.3, 0.4) is 0 Å². The van der Waals surface area contributed by atoms with E-state index in [1.165, 1.54) is 25.7 Å². The third-order valence-electron chi connectivity index (χ3n) is 6.56. The Hall–Kier alpha value is -1.89. The fraction of sp³-hybridized carbons (Fsp3) is 0.800. The molecular weight excluding hydrogens is 410 g/mol. The highest BCUT2D eigenvalue weighted by atomic mass is 16.4. The number of rotatable bonds is 20. The first-order valence-corrected chi connectivity index (χ1v) is 12.4. The second-order valence-electron chi connectivity index (χ2n) is 8.68. The Bertz CT molecular complexity index is 534. The zero-order valence-electron chi connectivity index (χ0n) is 20.6. The Labute approximate surface area is 194 Å². The monoisotopic (exact) mass is 456 g/mol. The van der Waals surface area contributed by atoms with Gasteiger partial charge in [0.1, 0.15) is 0 Å². The van der Waals surface area contributed by atoms with E-state index in [0.717, 1.165) is 25.7 Å². The van der Waals surface area contributed by atoms with Crippen molar-refractivity contribution in [3.8, 4) is 0 Å². The average Bonchev–Trinajstić information content (AvgIpc) is 2.72. The van der Waals surface area contributed by atoms with Gasteiger partial charge in [-0.3, -0.25) is 4.48 Å². The van der Waals surface area contributed by atoms with Crippen LogP contribution in [0.15, 0.2) is 12.2 Å². The maximum absolute atomic E-state index is 12.2. The first kappa shape index (κ1) is 30.1. The topological polar surface area (TPSA) is 112 Å². The van der Waals surface area contributed by atoms with Crippen LogP contribution < -0.4 is 0 Å². The molecule has 32 heavy (non-hydrogen) atoms. The van der Waals surface area contributed by atoms with Gasteiger partial charge in [0.15, 0.2) is 18.1 Å². The molecule has 7 nitrogen and oxygen atoms in total. The summed E-state index contributed by atoms with van der Waals surface area (Å²) in [6.45, 7) is 7.52. The average molecular weight is 457 g/mol. The first-order valence-electron chi connectivity index (χ1n) is 12.4. The molecule has 0 bridgehead atoms. The summed E-state index contributed by atoms with van der Waals surface area (Å²) in [5.74, 6) is -3.38. The van der Waals surface area contributed by atoms with Gasteiger partial charge in [-0.25, -0.2) is 14.4 Å². The SMILES string of the molecule is CCCCCC/C=C/CCCCC[N+](C(CC)C(=O)O)(C(CC)C(=O)O)C(CC)C(=O)O. The van der Waals surface area contributed by atoms with Gasteiger partial charge in [0, 0.05) is 19.3 Å². The van der Waals surface area contributed by atoms with Crippen molar-refractivity contribution in [2.24, 2.45) is 0 Å². The summed E-state index contributed by atoms with van der Waals surface area (Å²) in [7, 11) is 0. The van der Waals surface area contributed by atoms with E-state index in [4.69, 9.17) is 0 Å². The molecule has 0 aliphatic carbocycles. The summed E-state index contributed by atoms with van der Waals surface area (Å²) in [6, 6.07) is -3.21. The predicted octanol–water partition coefficient (Wildman–Crippen LogP) is 5.48. The smallest absolute Gasteiger partial charge is 0.362 e. The molecule has 7 heteroatoms. The van der Waals surface area contributed by atoms with Crippen molar-refractivity contribution in [1.29, 1.82) is 0 Å². The molecule has 0 heterocycles. The number of allylic oxidation sites excluding steroid dienone is 2. The number of nitrogens with zero attached hydrogens (tertiary/aromatic N) is 1. The van der Waals surface area contributed by atoms with E-state index in [1.54, 1.807) is 20.8 Å². The molecule has 3 N–H and O–H groups in total. The van der Waals surface area contributed by atoms with Crippen LogP contribution in [-0.4, -0.2) is 62.4 Å². The van der Waals surface area contributed by atoms with Crippen molar-refractivity contribution in [2.45, 2.75) is 123 Å². The Kier molecular flexibility index (Phi) is 15.7. The quantitative estimate of drug-likeness (QED) is 0.127. The number of hydrogen-bond acceptors (Lipinski definition) is 3. The summed E-state index contributed by atoms with van der Waals surface area (Å²) in [4.78, 5) is 36.5. The van der Waals surface area contributed by atoms with Gasteiger partial charge in [-0.2, -0.15) is 0 Å². The maximum Gasteiger partial charge on any atom is 0.362 e. The lowest BCUT2D eigenvalue weighted by Gasteiger charge is -2.49. The summed E-state index contributed by atoms with van der Waals surface area (Å²) < 4.78 is -0.420. The first-order chi connectivity index (χ1) is 15.2. The minimum Gasteiger partial charge on any atom is -0.477 e. The highest BCUT2D eigenvalue weighted by Gasteiger charge is 2.55. The van der Waals surface area contributed by atoms with Crippen LogP contribution in [0.5, 0.6) is 0 Å². The van der Waals surface area contributed by atoms with E-state index in [-0.39, 0.29) is 25.8 Å². The van der Waals surface area contributed by atoms with Crippen molar-refractivity contribution >= 4 is 17.9 Å². The molecule has 0 aromatic rings. The zero-order valence-corrected chi connectivity index (χ0v) is 20.6. The number of aliphatic carboxylic acids is 3. The Morgan fingerprint density at radius 3 is 1.31 bits per heavy atom. The van der Waals surface area contributed by atoms with Gasteiger partial charge >= 0.3 is 17.9 Å². The van der Waals surface area contributed by atoms with Gasteiger partial charge < -0.3 is 15.3 Å². The lowest BCUT2D eigenvalue weighted by molar-refractivity contribution is -0.973.